The molecule has 1 amide bonds. The number of nitrogens with zero attached hydrogens (tertiary/aromatic N) is 1. The Bertz CT molecular complexity index is 956. The van der Waals surface area contributed by atoms with Crippen LogP contribution in [0.4, 0.5) is 10.1 Å². The fourth-order valence-corrected chi connectivity index (χ4v) is 4.03. The third kappa shape index (κ3) is 3.48. The number of aliphatic hydroxyl groups is 1. The predicted molar refractivity (Wildman–Crippen MR) is 94.7 cm³/mol. The van der Waals surface area contributed by atoms with E-state index in [-0.39, 0.29) is 23.8 Å². The zero-order valence-electron chi connectivity index (χ0n) is 14.4. The van der Waals surface area contributed by atoms with E-state index in [2.05, 4.69) is 4.72 Å². The number of carbonyl (C=O) groups is 1. The van der Waals surface area contributed by atoms with Crippen LogP contribution in [0.25, 0.3) is 0 Å². The zero-order valence-corrected chi connectivity index (χ0v) is 15.2. The Balaban J connectivity index is 1.78. The molecule has 26 heavy (non-hydrogen) atoms. The normalized spacial score (nSPS) is 16.5. The summed E-state index contributed by atoms with van der Waals surface area (Å²) >= 11 is 0. The first kappa shape index (κ1) is 18.5. The molecule has 1 aliphatic heterocycles. The van der Waals surface area contributed by atoms with Gasteiger partial charge in [-0.3, -0.25) is 4.79 Å². The fourth-order valence-electron chi connectivity index (χ4n) is 2.84. The lowest BCUT2D eigenvalue weighted by Crippen LogP contribution is -2.38. The third-order valence-corrected chi connectivity index (χ3v) is 5.91. The van der Waals surface area contributed by atoms with Gasteiger partial charge in [-0.15, -0.1) is 0 Å². The van der Waals surface area contributed by atoms with Gasteiger partial charge in [-0.1, -0.05) is 12.1 Å². The summed E-state index contributed by atoms with van der Waals surface area (Å²) in [5.41, 5.74) is 0.217. The first-order chi connectivity index (χ1) is 12.1. The number of anilines is 1. The average Bonchev–Trinajstić information content (AvgIpc) is 2.88. The van der Waals surface area contributed by atoms with Crippen molar-refractivity contribution in [2.75, 3.05) is 18.5 Å². The number of fused-ring (bicyclic) bond motifs is 1. The van der Waals surface area contributed by atoms with Crippen molar-refractivity contribution in [2.24, 2.45) is 0 Å². The summed E-state index contributed by atoms with van der Waals surface area (Å²) < 4.78 is 40.5. The van der Waals surface area contributed by atoms with Gasteiger partial charge in [0, 0.05) is 19.3 Å². The minimum atomic E-state index is -3.88. The summed E-state index contributed by atoms with van der Waals surface area (Å²) in [6.07, 6.45) is 0.155. The molecule has 0 aliphatic carbocycles. The van der Waals surface area contributed by atoms with Gasteiger partial charge >= 0.3 is 0 Å². The number of hydrogen-bond acceptors (Lipinski definition) is 4. The molecule has 138 valence electrons. The van der Waals surface area contributed by atoms with Crippen molar-refractivity contribution in [1.29, 1.82) is 0 Å². The van der Waals surface area contributed by atoms with Crippen LogP contribution in [0, 0.1) is 5.82 Å². The third-order valence-electron chi connectivity index (χ3n) is 4.51. The van der Waals surface area contributed by atoms with Crippen molar-refractivity contribution >= 4 is 21.6 Å². The van der Waals surface area contributed by atoms with Crippen LogP contribution in [-0.4, -0.2) is 33.0 Å². The number of likely N-dealkylation sites (N-methyl/N-ethyl adjacent to an activating group) is 1. The molecule has 0 fully saturated rings. The first-order valence-corrected chi connectivity index (χ1v) is 9.46. The van der Waals surface area contributed by atoms with E-state index >= 15 is 0 Å². The maximum absolute atomic E-state index is 13.0. The van der Waals surface area contributed by atoms with Crippen molar-refractivity contribution in [1.82, 2.24) is 4.72 Å². The van der Waals surface area contributed by atoms with Gasteiger partial charge in [-0.2, -0.15) is 0 Å². The van der Waals surface area contributed by atoms with Gasteiger partial charge in [0.15, 0.2) is 0 Å². The van der Waals surface area contributed by atoms with Crippen molar-refractivity contribution in [2.45, 2.75) is 23.8 Å². The van der Waals surface area contributed by atoms with Gasteiger partial charge in [-0.25, -0.2) is 17.5 Å². The summed E-state index contributed by atoms with van der Waals surface area (Å²) in [5, 5.41) is 10.5. The molecule has 3 rings (SSSR count). The minimum absolute atomic E-state index is 0.0225. The average molecular weight is 378 g/mol. The van der Waals surface area contributed by atoms with Gasteiger partial charge < -0.3 is 10.0 Å². The zero-order chi connectivity index (χ0) is 19.1. The van der Waals surface area contributed by atoms with Crippen LogP contribution in [0.3, 0.4) is 0 Å². The van der Waals surface area contributed by atoms with Gasteiger partial charge in [-0.05, 0) is 48.4 Å². The van der Waals surface area contributed by atoms with Gasteiger partial charge in [0.2, 0.25) is 15.9 Å². The van der Waals surface area contributed by atoms with E-state index in [1.165, 1.54) is 48.2 Å². The van der Waals surface area contributed by atoms with Crippen LogP contribution >= 0.6 is 0 Å². The molecule has 2 aromatic rings. The maximum atomic E-state index is 13.0. The second-order valence-corrected chi connectivity index (χ2v) is 8.29. The van der Waals surface area contributed by atoms with Crippen LogP contribution in [-0.2, 0) is 26.8 Å². The van der Waals surface area contributed by atoms with Crippen molar-refractivity contribution in [3.63, 3.8) is 0 Å². The topological polar surface area (TPSA) is 86.7 Å². The molecule has 0 spiro atoms. The van der Waals surface area contributed by atoms with Crippen LogP contribution in [0.5, 0.6) is 0 Å². The van der Waals surface area contributed by atoms with E-state index in [9.17, 15) is 22.7 Å². The monoisotopic (exact) mass is 378 g/mol. The molecule has 6 nitrogen and oxygen atoms in total. The van der Waals surface area contributed by atoms with Crippen molar-refractivity contribution in [3.05, 3.63) is 59.4 Å². The lowest BCUT2D eigenvalue weighted by molar-refractivity contribution is -0.117. The highest BCUT2D eigenvalue weighted by atomic mass is 32.2. The number of carbonyl (C=O) groups excluding carboxylic acids is 1. The number of rotatable bonds is 5. The van der Waals surface area contributed by atoms with E-state index in [1.54, 1.807) is 13.1 Å². The lowest BCUT2D eigenvalue weighted by Gasteiger charge is -2.24. The van der Waals surface area contributed by atoms with Crippen LogP contribution in [0.2, 0.25) is 0 Å². The molecule has 2 N–H and O–H groups in total. The number of amides is 1. The Morgan fingerprint density at radius 3 is 2.54 bits per heavy atom. The Kier molecular flexibility index (Phi) is 4.60. The fraction of sp³-hybridized carbons (Fsp3) is 0.278. The first-order valence-electron chi connectivity index (χ1n) is 7.98. The molecule has 2 aromatic carbocycles. The standard InChI is InChI=1S/C18H19FN2O4S/c1-18(23,13-3-5-14(19)6-4-13)11-20-26(24,25)15-7-8-16-12(9-15)10-17(22)21(16)2/h3-9,20,23H,10-11H2,1-2H3. The van der Waals surface area contributed by atoms with E-state index in [1.807, 2.05) is 0 Å². The molecule has 0 saturated heterocycles. The van der Waals surface area contributed by atoms with Gasteiger partial charge in [0.05, 0.1) is 11.3 Å². The largest absolute Gasteiger partial charge is 0.384 e. The predicted octanol–water partition coefficient (Wildman–Crippen LogP) is 1.53. The van der Waals surface area contributed by atoms with Crippen LogP contribution in [0.1, 0.15) is 18.1 Å². The van der Waals surface area contributed by atoms with Crippen molar-refractivity contribution in [3.8, 4) is 0 Å². The minimum Gasteiger partial charge on any atom is -0.384 e. The Labute approximate surface area is 151 Å². The second kappa shape index (κ2) is 6.46. The van der Waals surface area contributed by atoms with Crippen LogP contribution < -0.4 is 9.62 Å². The maximum Gasteiger partial charge on any atom is 0.240 e. The number of hydrogen-bond donors (Lipinski definition) is 2. The molecule has 0 radical (unpaired) electrons. The Morgan fingerprint density at radius 1 is 1.23 bits per heavy atom. The summed E-state index contributed by atoms with van der Waals surface area (Å²) in [6.45, 7) is 1.16. The molecule has 1 atom stereocenters. The molecule has 0 bridgehead atoms. The molecule has 0 saturated carbocycles. The summed E-state index contributed by atoms with van der Waals surface area (Å²) in [7, 11) is -2.24. The molecule has 8 heteroatoms. The van der Waals surface area contributed by atoms with Gasteiger partial charge in [0.1, 0.15) is 11.4 Å². The van der Waals surface area contributed by atoms with E-state index in [0.717, 1.165) is 0 Å². The Morgan fingerprint density at radius 2 is 1.88 bits per heavy atom. The molecule has 1 heterocycles. The molecule has 1 aliphatic rings. The van der Waals surface area contributed by atoms with Crippen molar-refractivity contribution < 1.29 is 22.7 Å². The summed E-state index contributed by atoms with van der Waals surface area (Å²) in [5.74, 6) is -0.537. The van der Waals surface area contributed by atoms with Gasteiger partial charge in [0.25, 0.3) is 0 Å². The number of benzene rings is 2. The lowest BCUT2D eigenvalue weighted by atomic mass is 9.96. The SMILES string of the molecule is CN1C(=O)Cc2cc(S(=O)(=O)NCC(C)(O)c3ccc(F)cc3)ccc21. The number of sulfonamides is 1. The quantitative estimate of drug-likeness (QED) is 0.826. The molecular weight excluding hydrogens is 359 g/mol. The highest BCUT2D eigenvalue weighted by Crippen LogP contribution is 2.30. The summed E-state index contributed by atoms with van der Waals surface area (Å²) in [4.78, 5) is 13.2. The van der Waals surface area contributed by atoms with E-state index < -0.39 is 21.4 Å². The van der Waals surface area contributed by atoms with E-state index in [0.29, 0.717) is 16.8 Å². The smallest absolute Gasteiger partial charge is 0.240 e. The highest BCUT2D eigenvalue weighted by molar-refractivity contribution is 7.89. The second-order valence-electron chi connectivity index (χ2n) is 6.53. The molecule has 1 unspecified atom stereocenters. The number of halogens is 1. The highest BCUT2D eigenvalue weighted by Gasteiger charge is 2.29. The number of nitrogens with one attached hydrogen (secondary N) is 1. The van der Waals surface area contributed by atoms with E-state index in [4.69, 9.17) is 0 Å². The Hall–Kier alpha value is -2.29. The summed E-state index contributed by atoms with van der Waals surface area (Å²) in [6, 6.07) is 9.68. The molecular formula is C18H19FN2O4S. The molecule has 0 aromatic heterocycles. The van der Waals surface area contributed by atoms with Crippen LogP contribution in [0.15, 0.2) is 47.4 Å².